The number of hydrogen-bond donors (Lipinski definition) is 1. The van der Waals surface area contributed by atoms with Gasteiger partial charge in [-0.3, -0.25) is 4.79 Å². The summed E-state index contributed by atoms with van der Waals surface area (Å²) in [6.07, 6.45) is 0.171. The van der Waals surface area contributed by atoms with Gasteiger partial charge in [-0.1, -0.05) is 0 Å². The highest BCUT2D eigenvalue weighted by molar-refractivity contribution is 5.74. The van der Waals surface area contributed by atoms with E-state index in [0.29, 0.717) is 11.4 Å². The van der Waals surface area contributed by atoms with Crippen LogP contribution >= 0.6 is 0 Å². The number of nitrogen functional groups attached to an aromatic ring is 1. The normalized spacial score (nSPS) is 9.80. The van der Waals surface area contributed by atoms with Gasteiger partial charge in [0.05, 0.1) is 20.6 Å². The van der Waals surface area contributed by atoms with Crippen molar-refractivity contribution in [2.45, 2.75) is 13.3 Å². The molecule has 0 radical (unpaired) electrons. The monoisotopic (exact) mass is 209 g/mol. The Labute approximate surface area is 89.0 Å². The van der Waals surface area contributed by atoms with Crippen LogP contribution in [0.2, 0.25) is 0 Å². The average molecular weight is 209 g/mol. The van der Waals surface area contributed by atoms with E-state index in [0.717, 1.165) is 11.1 Å². The van der Waals surface area contributed by atoms with E-state index in [1.54, 1.807) is 13.2 Å². The van der Waals surface area contributed by atoms with E-state index in [1.165, 1.54) is 7.11 Å². The third-order valence-corrected chi connectivity index (χ3v) is 2.23. The summed E-state index contributed by atoms with van der Waals surface area (Å²) in [6, 6.07) is 3.55. The molecule has 0 saturated carbocycles. The van der Waals surface area contributed by atoms with Crippen LogP contribution in [-0.4, -0.2) is 20.2 Å². The summed E-state index contributed by atoms with van der Waals surface area (Å²) < 4.78 is 9.75. The summed E-state index contributed by atoms with van der Waals surface area (Å²) in [5.41, 5.74) is 8.08. The predicted molar refractivity (Wildman–Crippen MR) is 57.9 cm³/mol. The largest absolute Gasteiger partial charge is 0.496 e. The van der Waals surface area contributed by atoms with Gasteiger partial charge >= 0.3 is 5.97 Å². The molecule has 1 rings (SSSR count). The van der Waals surface area contributed by atoms with E-state index < -0.39 is 0 Å². The predicted octanol–water partition coefficient (Wildman–Crippen LogP) is 1.30. The first-order valence-electron chi connectivity index (χ1n) is 4.58. The van der Waals surface area contributed by atoms with Gasteiger partial charge in [0.1, 0.15) is 5.75 Å². The molecule has 0 saturated heterocycles. The Hall–Kier alpha value is -1.71. The van der Waals surface area contributed by atoms with Crippen LogP contribution in [-0.2, 0) is 16.0 Å². The first-order chi connectivity index (χ1) is 7.08. The summed E-state index contributed by atoms with van der Waals surface area (Å²) in [6.45, 7) is 1.89. The molecule has 0 amide bonds. The maximum absolute atomic E-state index is 11.1. The van der Waals surface area contributed by atoms with Crippen molar-refractivity contribution >= 4 is 11.7 Å². The van der Waals surface area contributed by atoms with Crippen LogP contribution in [0, 0.1) is 6.92 Å². The van der Waals surface area contributed by atoms with Crippen LogP contribution in [0.25, 0.3) is 0 Å². The Kier molecular flexibility index (Phi) is 3.55. The topological polar surface area (TPSA) is 61.5 Å². The Bertz CT molecular complexity index is 374. The zero-order valence-corrected chi connectivity index (χ0v) is 9.16. The van der Waals surface area contributed by atoms with Crippen LogP contribution in [0.15, 0.2) is 12.1 Å². The standard InChI is InChI=1S/C11H15NO3/c1-7-4-10(14-2)8(5-9(7)12)6-11(13)15-3/h4-5H,6,12H2,1-3H3. The molecule has 4 heteroatoms. The van der Waals surface area contributed by atoms with Crippen LogP contribution < -0.4 is 10.5 Å². The number of hydrogen-bond acceptors (Lipinski definition) is 4. The molecular weight excluding hydrogens is 194 g/mol. The molecule has 1 aromatic rings. The lowest BCUT2D eigenvalue weighted by Crippen LogP contribution is -2.07. The van der Waals surface area contributed by atoms with Crippen molar-refractivity contribution in [1.82, 2.24) is 0 Å². The number of nitrogens with two attached hydrogens (primary N) is 1. The van der Waals surface area contributed by atoms with Gasteiger partial charge in [-0.15, -0.1) is 0 Å². The van der Waals surface area contributed by atoms with Crippen molar-refractivity contribution in [3.8, 4) is 5.75 Å². The second kappa shape index (κ2) is 4.68. The molecule has 0 heterocycles. The fourth-order valence-corrected chi connectivity index (χ4v) is 1.30. The van der Waals surface area contributed by atoms with Gasteiger partial charge in [0.15, 0.2) is 0 Å². The van der Waals surface area contributed by atoms with Crippen molar-refractivity contribution in [3.63, 3.8) is 0 Å². The van der Waals surface area contributed by atoms with Crippen molar-refractivity contribution in [2.24, 2.45) is 0 Å². The second-order valence-electron chi connectivity index (χ2n) is 3.27. The van der Waals surface area contributed by atoms with E-state index in [1.807, 2.05) is 13.0 Å². The lowest BCUT2D eigenvalue weighted by molar-refractivity contribution is -0.139. The first-order valence-corrected chi connectivity index (χ1v) is 4.58. The second-order valence-corrected chi connectivity index (χ2v) is 3.27. The zero-order chi connectivity index (χ0) is 11.4. The lowest BCUT2D eigenvalue weighted by Gasteiger charge is -2.10. The number of anilines is 1. The molecule has 0 atom stereocenters. The molecule has 82 valence electrons. The highest BCUT2D eigenvalue weighted by atomic mass is 16.5. The minimum Gasteiger partial charge on any atom is -0.496 e. The van der Waals surface area contributed by atoms with Gasteiger partial charge in [0.25, 0.3) is 0 Å². The Morgan fingerprint density at radius 3 is 2.60 bits per heavy atom. The van der Waals surface area contributed by atoms with Gasteiger partial charge < -0.3 is 15.2 Å². The van der Waals surface area contributed by atoms with E-state index in [2.05, 4.69) is 4.74 Å². The Morgan fingerprint density at radius 1 is 1.40 bits per heavy atom. The molecule has 0 unspecified atom stereocenters. The first kappa shape index (κ1) is 11.4. The molecule has 1 aromatic carbocycles. The van der Waals surface area contributed by atoms with Gasteiger partial charge in [-0.05, 0) is 24.6 Å². The molecule has 0 aliphatic carbocycles. The number of aryl methyl sites for hydroxylation is 1. The van der Waals surface area contributed by atoms with E-state index in [-0.39, 0.29) is 12.4 Å². The number of rotatable bonds is 3. The van der Waals surface area contributed by atoms with E-state index >= 15 is 0 Å². The summed E-state index contributed by atoms with van der Waals surface area (Å²) in [5.74, 6) is 0.351. The minimum atomic E-state index is -0.309. The van der Waals surface area contributed by atoms with Crippen LogP contribution in [0.3, 0.4) is 0 Å². The summed E-state index contributed by atoms with van der Waals surface area (Å²) in [7, 11) is 2.91. The van der Waals surface area contributed by atoms with Gasteiger partial charge in [-0.25, -0.2) is 0 Å². The Balaban J connectivity index is 3.05. The number of methoxy groups -OCH3 is 2. The highest BCUT2D eigenvalue weighted by Gasteiger charge is 2.10. The smallest absolute Gasteiger partial charge is 0.310 e. The van der Waals surface area contributed by atoms with Crippen molar-refractivity contribution < 1.29 is 14.3 Å². The van der Waals surface area contributed by atoms with E-state index in [9.17, 15) is 4.79 Å². The molecule has 0 aromatic heterocycles. The summed E-state index contributed by atoms with van der Waals surface area (Å²) in [4.78, 5) is 11.1. The van der Waals surface area contributed by atoms with E-state index in [4.69, 9.17) is 10.5 Å². The molecule has 4 nitrogen and oxygen atoms in total. The fraction of sp³-hybridized carbons (Fsp3) is 0.364. The number of carbonyl (C=O) groups is 1. The molecule has 0 spiro atoms. The van der Waals surface area contributed by atoms with Crippen molar-refractivity contribution in [2.75, 3.05) is 20.0 Å². The molecule has 2 N–H and O–H groups in total. The van der Waals surface area contributed by atoms with Crippen LogP contribution in [0.5, 0.6) is 5.75 Å². The quantitative estimate of drug-likeness (QED) is 0.602. The SMILES string of the molecule is COC(=O)Cc1cc(N)c(C)cc1OC. The molecular formula is C11H15NO3. The number of esters is 1. The number of benzene rings is 1. The molecule has 0 aliphatic rings. The zero-order valence-electron chi connectivity index (χ0n) is 9.16. The molecule has 0 aliphatic heterocycles. The summed E-state index contributed by atoms with van der Waals surface area (Å²) in [5, 5.41) is 0. The third kappa shape index (κ3) is 2.62. The minimum absolute atomic E-state index is 0.171. The van der Waals surface area contributed by atoms with Gasteiger partial charge in [0, 0.05) is 11.3 Å². The molecule has 0 bridgehead atoms. The Morgan fingerprint density at radius 2 is 2.07 bits per heavy atom. The maximum atomic E-state index is 11.1. The number of carbonyl (C=O) groups excluding carboxylic acids is 1. The van der Waals surface area contributed by atoms with Crippen molar-refractivity contribution in [3.05, 3.63) is 23.3 Å². The lowest BCUT2D eigenvalue weighted by atomic mass is 10.1. The molecule has 0 fully saturated rings. The van der Waals surface area contributed by atoms with Gasteiger partial charge in [-0.2, -0.15) is 0 Å². The van der Waals surface area contributed by atoms with Crippen LogP contribution in [0.1, 0.15) is 11.1 Å². The molecule has 15 heavy (non-hydrogen) atoms. The fourth-order valence-electron chi connectivity index (χ4n) is 1.30. The third-order valence-electron chi connectivity index (χ3n) is 2.23. The van der Waals surface area contributed by atoms with Crippen LogP contribution in [0.4, 0.5) is 5.69 Å². The summed E-state index contributed by atoms with van der Waals surface area (Å²) >= 11 is 0. The van der Waals surface area contributed by atoms with Gasteiger partial charge in [0.2, 0.25) is 0 Å². The highest BCUT2D eigenvalue weighted by Crippen LogP contribution is 2.25. The van der Waals surface area contributed by atoms with Crippen molar-refractivity contribution in [1.29, 1.82) is 0 Å². The maximum Gasteiger partial charge on any atom is 0.310 e. The number of ether oxygens (including phenoxy) is 2. The average Bonchev–Trinajstić information content (AvgIpc) is 2.22.